The van der Waals surface area contributed by atoms with Crippen molar-refractivity contribution in [2.45, 2.75) is 25.8 Å². The molecular weight excluding hydrogens is 516 g/mol. The highest BCUT2D eigenvalue weighted by Crippen LogP contribution is 2.49. The van der Waals surface area contributed by atoms with Crippen LogP contribution in [0, 0.1) is 0 Å². The van der Waals surface area contributed by atoms with Crippen LogP contribution in [0.5, 0.6) is 11.5 Å². The van der Waals surface area contributed by atoms with Crippen LogP contribution in [-0.4, -0.2) is 86.5 Å². The number of carbonyl (C=O) groups is 1. The first kappa shape index (κ1) is 30.1. The Balaban J connectivity index is 1.90. The Bertz CT molecular complexity index is 1370. The van der Waals surface area contributed by atoms with Gasteiger partial charge in [0, 0.05) is 93.8 Å². The summed E-state index contributed by atoms with van der Waals surface area (Å²) < 4.78 is 17.5. The van der Waals surface area contributed by atoms with Crippen LogP contribution in [0.2, 0.25) is 0 Å². The van der Waals surface area contributed by atoms with E-state index in [9.17, 15) is 4.79 Å². The van der Waals surface area contributed by atoms with E-state index in [4.69, 9.17) is 14.2 Å². The molecule has 1 heterocycles. The number of ether oxygens (including phenoxy) is 3. The van der Waals surface area contributed by atoms with E-state index >= 15 is 0 Å². The third kappa shape index (κ3) is 6.22. The molecule has 0 amide bonds. The summed E-state index contributed by atoms with van der Waals surface area (Å²) in [5.41, 5.74) is 7.35. The summed E-state index contributed by atoms with van der Waals surface area (Å²) >= 11 is 0. The van der Waals surface area contributed by atoms with Gasteiger partial charge < -0.3 is 28.9 Å². The monoisotopic (exact) mass is 560 g/mol. The molecule has 1 unspecified atom stereocenters. The molecule has 0 radical (unpaired) electrons. The molecule has 4 rings (SSSR count). The third-order valence-electron chi connectivity index (χ3n) is 7.69. The number of nitrogens with zero attached hydrogens (tertiary/aromatic N) is 4. The Morgan fingerprint density at radius 1 is 0.951 bits per heavy atom. The van der Waals surface area contributed by atoms with Crippen LogP contribution in [0.4, 0.5) is 17.1 Å². The number of rotatable bonds is 11. The lowest BCUT2D eigenvalue weighted by Crippen LogP contribution is -2.28. The number of fused-ring (bicyclic) bond motifs is 2. The summed E-state index contributed by atoms with van der Waals surface area (Å²) in [6, 6.07) is 10.9. The normalized spacial score (nSPS) is 15.6. The van der Waals surface area contributed by atoms with E-state index < -0.39 is 0 Å². The van der Waals surface area contributed by atoms with Crippen LogP contribution in [0.1, 0.15) is 30.9 Å². The second-order valence-electron chi connectivity index (χ2n) is 11.0. The average molecular weight is 561 g/mol. The number of anilines is 3. The maximum atomic E-state index is 11.7. The number of esters is 1. The standard InChI is InChI=1S/C33H44N4O4/c1-10-37(17-11-12-32(38)40-9)28-21-29(39-8)26(20-27(28)36(6)7)33-24-15-13-22(34(2)3)18-30(24)41-31-19-23(35(4)5)14-16-25(31)33/h13-16,18-22H,10-12,17H2,1-9H3. The number of likely N-dealkylation sites (N-methyl/N-ethyl adjacent to an activating group) is 1. The highest BCUT2D eigenvalue weighted by molar-refractivity contribution is 5.95. The SMILES string of the molecule is CCN(CCCC(=O)OC)c1cc(OC)c(C2=C3C=CC(N(C)C)C=C3Oc3cc(N(C)C)ccc32)cc1N(C)C. The molecule has 0 bridgehead atoms. The van der Waals surface area contributed by atoms with Crippen LogP contribution in [0.25, 0.3) is 5.57 Å². The molecule has 0 spiro atoms. The fraction of sp³-hybridized carbons (Fsp3) is 0.424. The molecule has 220 valence electrons. The number of carbonyl (C=O) groups excluding carboxylic acids is 1. The fourth-order valence-corrected chi connectivity index (χ4v) is 5.33. The average Bonchev–Trinajstić information content (AvgIpc) is 2.96. The molecular formula is C33H44N4O4. The van der Waals surface area contributed by atoms with E-state index in [0.717, 1.165) is 69.7 Å². The van der Waals surface area contributed by atoms with Crippen molar-refractivity contribution in [2.24, 2.45) is 0 Å². The Kier molecular flexibility index (Phi) is 9.33. The number of hydrogen-bond donors (Lipinski definition) is 0. The molecule has 1 aliphatic heterocycles. The first-order valence-electron chi connectivity index (χ1n) is 14.1. The third-order valence-corrected chi connectivity index (χ3v) is 7.69. The van der Waals surface area contributed by atoms with Crippen LogP contribution < -0.4 is 24.2 Å². The van der Waals surface area contributed by atoms with Crippen molar-refractivity contribution in [3.63, 3.8) is 0 Å². The van der Waals surface area contributed by atoms with Crippen molar-refractivity contribution in [1.29, 1.82) is 0 Å². The largest absolute Gasteiger partial charge is 0.496 e. The van der Waals surface area contributed by atoms with E-state index in [-0.39, 0.29) is 12.0 Å². The lowest BCUT2D eigenvalue weighted by molar-refractivity contribution is -0.140. The van der Waals surface area contributed by atoms with Crippen molar-refractivity contribution in [1.82, 2.24) is 4.90 Å². The van der Waals surface area contributed by atoms with E-state index in [1.807, 2.05) is 14.1 Å². The summed E-state index contributed by atoms with van der Waals surface area (Å²) in [5.74, 6) is 2.27. The minimum Gasteiger partial charge on any atom is -0.496 e. The molecule has 0 saturated heterocycles. The summed E-state index contributed by atoms with van der Waals surface area (Å²) in [6.45, 7) is 3.66. The van der Waals surface area contributed by atoms with Crippen LogP contribution in [-0.2, 0) is 9.53 Å². The first-order valence-corrected chi connectivity index (χ1v) is 14.1. The van der Waals surface area contributed by atoms with Crippen molar-refractivity contribution < 1.29 is 19.0 Å². The molecule has 8 heteroatoms. The van der Waals surface area contributed by atoms with Crippen molar-refractivity contribution >= 4 is 28.6 Å². The molecule has 0 N–H and O–H groups in total. The lowest BCUT2D eigenvalue weighted by Gasteiger charge is -2.33. The van der Waals surface area contributed by atoms with Gasteiger partial charge in [0.15, 0.2) is 0 Å². The number of allylic oxidation sites excluding steroid dienone is 1. The van der Waals surface area contributed by atoms with Gasteiger partial charge in [0.1, 0.15) is 17.3 Å². The minimum atomic E-state index is -0.188. The van der Waals surface area contributed by atoms with Crippen LogP contribution in [0.3, 0.4) is 0 Å². The van der Waals surface area contributed by atoms with Crippen LogP contribution in [0.15, 0.2) is 59.9 Å². The number of hydrogen-bond acceptors (Lipinski definition) is 8. The van der Waals surface area contributed by atoms with Gasteiger partial charge in [-0.2, -0.15) is 0 Å². The second kappa shape index (κ2) is 12.7. The smallest absolute Gasteiger partial charge is 0.305 e. The highest BCUT2D eigenvalue weighted by atomic mass is 16.5. The molecule has 2 aliphatic rings. The minimum absolute atomic E-state index is 0.137. The molecule has 0 aromatic heterocycles. The van der Waals surface area contributed by atoms with Gasteiger partial charge in [0.25, 0.3) is 0 Å². The van der Waals surface area contributed by atoms with Crippen molar-refractivity contribution in [2.75, 3.05) is 84.3 Å². The molecule has 2 aromatic rings. The van der Waals surface area contributed by atoms with Gasteiger partial charge in [-0.1, -0.05) is 12.2 Å². The zero-order valence-corrected chi connectivity index (χ0v) is 25.9. The zero-order valence-electron chi connectivity index (χ0n) is 25.9. The summed E-state index contributed by atoms with van der Waals surface area (Å²) in [6.07, 6.45) is 7.64. The second-order valence-corrected chi connectivity index (χ2v) is 11.0. The van der Waals surface area contributed by atoms with E-state index in [0.29, 0.717) is 12.8 Å². The number of methoxy groups -OCH3 is 2. The highest BCUT2D eigenvalue weighted by Gasteiger charge is 2.30. The van der Waals surface area contributed by atoms with Gasteiger partial charge in [0.2, 0.25) is 0 Å². The summed E-state index contributed by atoms with van der Waals surface area (Å²) in [5, 5.41) is 0. The van der Waals surface area contributed by atoms with E-state index in [1.54, 1.807) is 7.11 Å². The summed E-state index contributed by atoms with van der Waals surface area (Å²) in [7, 11) is 15.5. The predicted molar refractivity (Wildman–Crippen MR) is 169 cm³/mol. The van der Waals surface area contributed by atoms with Gasteiger partial charge in [-0.05, 0) is 51.7 Å². The number of benzene rings is 2. The molecule has 1 aliphatic carbocycles. The quantitative estimate of drug-likeness (QED) is 0.349. The van der Waals surface area contributed by atoms with Crippen LogP contribution >= 0.6 is 0 Å². The maximum absolute atomic E-state index is 11.7. The predicted octanol–water partition coefficient (Wildman–Crippen LogP) is 5.18. The zero-order chi connectivity index (χ0) is 29.8. The van der Waals surface area contributed by atoms with Gasteiger partial charge >= 0.3 is 5.97 Å². The van der Waals surface area contributed by atoms with Crippen molar-refractivity contribution in [3.8, 4) is 11.5 Å². The topological polar surface area (TPSA) is 57.7 Å². The maximum Gasteiger partial charge on any atom is 0.305 e. The lowest BCUT2D eigenvalue weighted by atomic mass is 9.86. The Hall–Kier alpha value is -3.91. The molecule has 2 aromatic carbocycles. The fourth-order valence-electron chi connectivity index (χ4n) is 5.33. The summed E-state index contributed by atoms with van der Waals surface area (Å²) in [4.78, 5) is 20.4. The molecule has 41 heavy (non-hydrogen) atoms. The van der Waals surface area contributed by atoms with Gasteiger partial charge in [-0.25, -0.2) is 0 Å². The molecule has 0 saturated carbocycles. The van der Waals surface area contributed by atoms with Gasteiger partial charge in [0.05, 0.1) is 25.6 Å². The Morgan fingerprint density at radius 3 is 2.32 bits per heavy atom. The molecule has 1 atom stereocenters. The first-order chi connectivity index (χ1) is 19.6. The molecule has 0 fully saturated rings. The van der Waals surface area contributed by atoms with E-state index in [1.165, 1.54) is 7.11 Å². The van der Waals surface area contributed by atoms with E-state index in [2.05, 4.69) is 103 Å². The Labute approximate surface area is 245 Å². The molecule has 8 nitrogen and oxygen atoms in total. The van der Waals surface area contributed by atoms with Gasteiger partial charge in [-0.15, -0.1) is 0 Å². The van der Waals surface area contributed by atoms with Crippen molar-refractivity contribution in [3.05, 3.63) is 71.0 Å². The Morgan fingerprint density at radius 2 is 1.71 bits per heavy atom. The van der Waals surface area contributed by atoms with Gasteiger partial charge in [-0.3, -0.25) is 9.69 Å².